The molecule has 0 heterocycles. The van der Waals surface area contributed by atoms with E-state index in [2.05, 4.69) is 33.0 Å². The van der Waals surface area contributed by atoms with E-state index < -0.39 is 5.41 Å². The van der Waals surface area contributed by atoms with E-state index >= 15 is 0 Å². The van der Waals surface area contributed by atoms with E-state index in [0.29, 0.717) is 6.54 Å². The van der Waals surface area contributed by atoms with Gasteiger partial charge in [0.05, 0.1) is 5.41 Å². The Balaban J connectivity index is 2.09. The van der Waals surface area contributed by atoms with Crippen molar-refractivity contribution >= 4 is 22.2 Å². The van der Waals surface area contributed by atoms with Crippen LogP contribution in [0.25, 0.3) is 0 Å². The molecule has 1 atom stereocenters. The molecule has 0 spiro atoms. The van der Waals surface area contributed by atoms with Crippen LogP contribution in [0.15, 0.2) is 59.1 Å². The highest BCUT2D eigenvalue weighted by molar-refractivity contribution is 9.10. The lowest BCUT2D eigenvalue weighted by Gasteiger charge is -2.29. The van der Waals surface area contributed by atoms with Crippen LogP contribution in [-0.4, -0.2) is 24.8 Å². The second-order valence-corrected chi connectivity index (χ2v) is 6.62. The lowest BCUT2D eigenvalue weighted by molar-refractivity contribution is -0.112. The van der Waals surface area contributed by atoms with Gasteiger partial charge in [-0.05, 0) is 37.2 Å². The predicted molar refractivity (Wildman–Crippen MR) is 90.3 cm³/mol. The van der Waals surface area contributed by atoms with Crippen molar-refractivity contribution in [1.29, 1.82) is 0 Å². The quantitative estimate of drug-likeness (QED) is 0.736. The van der Waals surface area contributed by atoms with Gasteiger partial charge in [-0.1, -0.05) is 58.4 Å². The molecule has 0 amide bonds. The third-order valence-electron chi connectivity index (χ3n) is 3.63. The molecule has 0 saturated heterocycles. The number of nitrogens with zero attached hydrogens (tertiary/aromatic N) is 1. The van der Waals surface area contributed by atoms with Crippen molar-refractivity contribution in [2.45, 2.75) is 18.9 Å². The molecule has 0 aromatic heterocycles. The number of aldehydes is 1. The van der Waals surface area contributed by atoms with E-state index in [1.807, 2.05) is 56.4 Å². The fourth-order valence-corrected chi connectivity index (χ4v) is 3.03. The lowest BCUT2D eigenvalue weighted by atomic mass is 9.83. The Bertz CT molecular complexity index is 599. The van der Waals surface area contributed by atoms with E-state index in [1.165, 1.54) is 5.56 Å². The maximum absolute atomic E-state index is 11.6. The second kappa shape index (κ2) is 7.01. The van der Waals surface area contributed by atoms with Gasteiger partial charge in [0.2, 0.25) is 0 Å². The van der Waals surface area contributed by atoms with Crippen molar-refractivity contribution in [3.8, 4) is 0 Å². The van der Waals surface area contributed by atoms with Gasteiger partial charge in [-0.25, -0.2) is 0 Å². The highest BCUT2D eigenvalue weighted by Crippen LogP contribution is 2.23. The van der Waals surface area contributed by atoms with Gasteiger partial charge in [0.15, 0.2) is 0 Å². The van der Waals surface area contributed by atoms with E-state index in [4.69, 9.17) is 0 Å². The molecule has 2 aromatic carbocycles. The Morgan fingerprint density at radius 3 is 2.48 bits per heavy atom. The molecule has 2 aromatic rings. The third kappa shape index (κ3) is 4.26. The smallest absolute Gasteiger partial charge is 0.131 e. The molecule has 1 unspecified atom stereocenters. The van der Waals surface area contributed by atoms with Crippen LogP contribution in [0.4, 0.5) is 0 Å². The van der Waals surface area contributed by atoms with E-state index in [0.717, 1.165) is 22.9 Å². The molecule has 21 heavy (non-hydrogen) atoms. The number of likely N-dealkylation sites (N-methyl/N-ethyl adjacent to an activating group) is 1. The Labute approximate surface area is 134 Å². The molecule has 0 aliphatic carbocycles. The molecule has 0 radical (unpaired) electrons. The molecule has 0 N–H and O–H groups in total. The maximum Gasteiger partial charge on any atom is 0.131 e. The Kier molecular flexibility index (Phi) is 5.32. The number of rotatable bonds is 6. The highest BCUT2D eigenvalue weighted by atomic mass is 79.9. The maximum atomic E-state index is 11.6. The zero-order chi connectivity index (χ0) is 15.3. The zero-order valence-corrected chi connectivity index (χ0v) is 14.0. The summed E-state index contributed by atoms with van der Waals surface area (Å²) in [6.07, 6.45) is 1.06. The van der Waals surface area contributed by atoms with Crippen LogP contribution in [0.1, 0.15) is 18.1 Å². The van der Waals surface area contributed by atoms with Crippen LogP contribution in [0.2, 0.25) is 0 Å². The van der Waals surface area contributed by atoms with Crippen molar-refractivity contribution in [2.75, 3.05) is 13.6 Å². The Morgan fingerprint density at radius 2 is 1.86 bits per heavy atom. The van der Waals surface area contributed by atoms with Crippen molar-refractivity contribution in [2.24, 2.45) is 0 Å². The fraction of sp³-hybridized carbons (Fsp3) is 0.278. The topological polar surface area (TPSA) is 20.3 Å². The fourth-order valence-electron chi connectivity index (χ4n) is 2.58. The minimum absolute atomic E-state index is 0.484. The number of hydrogen-bond donors (Lipinski definition) is 0. The molecule has 0 aliphatic rings. The largest absolute Gasteiger partial charge is 0.302 e. The van der Waals surface area contributed by atoms with Crippen molar-refractivity contribution in [3.63, 3.8) is 0 Å². The predicted octanol–water partition coefficient (Wildman–Crippen LogP) is 4.04. The van der Waals surface area contributed by atoms with Crippen molar-refractivity contribution < 1.29 is 4.79 Å². The normalized spacial score (nSPS) is 13.9. The molecule has 0 bridgehead atoms. The van der Waals surface area contributed by atoms with Crippen molar-refractivity contribution in [3.05, 3.63) is 70.2 Å². The molecule has 3 heteroatoms. The summed E-state index contributed by atoms with van der Waals surface area (Å²) in [6, 6.07) is 18.2. The number of carbonyl (C=O) groups excluding carboxylic acids is 1. The molecular formula is C18H20BrNO. The third-order valence-corrected chi connectivity index (χ3v) is 4.13. The van der Waals surface area contributed by atoms with Gasteiger partial charge in [0, 0.05) is 17.6 Å². The second-order valence-electron chi connectivity index (χ2n) is 5.70. The Hall–Kier alpha value is -1.45. The summed E-state index contributed by atoms with van der Waals surface area (Å²) < 4.78 is 1.08. The first-order chi connectivity index (χ1) is 10.0. The summed E-state index contributed by atoms with van der Waals surface area (Å²) >= 11 is 3.49. The van der Waals surface area contributed by atoms with Gasteiger partial charge < -0.3 is 9.69 Å². The molecule has 2 nitrogen and oxygen atoms in total. The summed E-state index contributed by atoms with van der Waals surface area (Å²) in [6.45, 7) is 3.50. The highest BCUT2D eigenvalue weighted by Gasteiger charge is 2.27. The number of benzene rings is 2. The van der Waals surface area contributed by atoms with Crippen LogP contribution < -0.4 is 0 Å². The SMILES string of the molecule is CN(Cc1cccc(Br)c1)CC(C)(C=O)c1ccccc1. The molecule has 110 valence electrons. The lowest BCUT2D eigenvalue weighted by Crippen LogP contribution is -2.37. The molecular weight excluding hydrogens is 326 g/mol. The van der Waals surface area contributed by atoms with Crippen LogP contribution >= 0.6 is 15.9 Å². The van der Waals surface area contributed by atoms with Crippen molar-refractivity contribution in [1.82, 2.24) is 4.90 Å². The number of carbonyl (C=O) groups is 1. The number of hydrogen-bond acceptors (Lipinski definition) is 2. The summed E-state index contributed by atoms with van der Waals surface area (Å²) in [5.74, 6) is 0. The average molecular weight is 346 g/mol. The molecule has 0 fully saturated rings. The van der Waals surface area contributed by atoms with Crippen LogP contribution in [-0.2, 0) is 16.8 Å². The van der Waals surface area contributed by atoms with Crippen LogP contribution in [0, 0.1) is 0 Å². The first-order valence-electron chi connectivity index (χ1n) is 6.98. The van der Waals surface area contributed by atoms with Gasteiger partial charge in [-0.15, -0.1) is 0 Å². The van der Waals surface area contributed by atoms with E-state index in [1.54, 1.807) is 0 Å². The average Bonchev–Trinajstić information content (AvgIpc) is 2.48. The standard InChI is InChI=1S/C18H20BrNO/c1-18(14-21,16-8-4-3-5-9-16)13-20(2)12-15-7-6-10-17(19)11-15/h3-11,14H,12-13H2,1-2H3. The number of halogens is 1. The van der Waals surface area contributed by atoms with Crippen LogP contribution in [0.5, 0.6) is 0 Å². The summed E-state index contributed by atoms with van der Waals surface area (Å²) in [7, 11) is 2.05. The van der Waals surface area contributed by atoms with E-state index in [-0.39, 0.29) is 0 Å². The van der Waals surface area contributed by atoms with Crippen LogP contribution in [0.3, 0.4) is 0 Å². The first kappa shape index (κ1) is 15.9. The van der Waals surface area contributed by atoms with E-state index in [9.17, 15) is 4.79 Å². The summed E-state index contributed by atoms with van der Waals surface area (Å²) in [5.41, 5.74) is 1.80. The van der Waals surface area contributed by atoms with Gasteiger partial charge in [0.25, 0.3) is 0 Å². The minimum Gasteiger partial charge on any atom is -0.302 e. The molecule has 2 rings (SSSR count). The Morgan fingerprint density at radius 1 is 1.14 bits per heavy atom. The zero-order valence-electron chi connectivity index (χ0n) is 12.4. The molecule has 0 saturated carbocycles. The summed E-state index contributed by atoms with van der Waals surface area (Å²) in [4.78, 5) is 13.8. The summed E-state index contributed by atoms with van der Waals surface area (Å²) in [5, 5.41) is 0. The van der Waals surface area contributed by atoms with Gasteiger partial charge in [-0.3, -0.25) is 0 Å². The minimum atomic E-state index is -0.484. The monoisotopic (exact) mass is 345 g/mol. The first-order valence-corrected chi connectivity index (χ1v) is 7.78. The van der Waals surface area contributed by atoms with Gasteiger partial charge in [0.1, 0.15) is 6.29 Å². The molecule has 0 aliphatic heterocycles. The van der Waals surface area contributed by atoms with Gasteiger partial charge >= 0.3 is 0 Å². The van der Waals surface area contributed by atoms with Gasteiger partial charge in [-0.2, -0.15) is 0 Å².